The molecule has 0 radical (unpaired) electrons. The lowest BCUT2D eigenvalue weighted by molar-refractivity contribution is 0.0964. The maximum Gasteiger partial charge on any atom is 0.295 e. The molecule has 3 rings (SSSR count). The summed E-state index contributed by atoms with van der Waals surface area (Å²) in [6, 6.07) is 4.05. The SMILES string of the molecule is CC1(c2cc(NC(=O)c3ccc(C(F)F)o3)n[nH]2)CC1. The zero-order valence-electron chi connectivity index (χ0n) is 10.7. The highest BCUT2D eigenvalue weighted by Gasteiger charge is 2.40. The van der Waals surface area contributed by atoms with Crippen LogP contribution in [0, 0.1) is 0 Å². The first-order chi connectivity index (χ1) is 9.48. The van der Waals surface area contributed by atoms with Gasteiger partial charge in [-0.3, -0.25) is 9.89 Å². The van der Waals surface area contributed by atoms with Crippen LogP contribution in [0.25, 0.3) is 0 Å². The predicted molar refractivity (Wildman–Crippen MR) is 66.8 cm³/mol. The summed E-state index contributed by atoms with van der Waals surface area (Å²) in [5.74, 6) is -0.935. The summed E-state index contributed by atoms with van der Waals surface area (Å²) in [6.07, 6.45) is -0.569. The Morgan fingerprint density at radius 2 is 2.25 bits per heavy atom. The van der Waals surface area contributed by atoms with E-state index in [0.29, 0.717) is 5.82 Å². The highest BCUT2D eigenvalue weighted by molar-refractivity contribution is 6.01. The fourth-order valence-corrected chi connectivity index (χ4v) is 1.92. The van der Waals surface area contributed by atoms with Gasteiger partial charge in [-0.2, -0.15) is 5.10 Å². The Morgan fingerprint density at radius 1 is 1.50 bits per heavy atom. The molecule has 2 aromatic rings. The minimum absolute atomic E-state index is 0.115. The molecule has 2 heterocycles. The minimum Gasteiger partial charge on any atom is -0.450 e. The summed E-state index contributed by atoms with van der Waals surface area (Å²) in [6.45, 7) is 2.10. The lowest BCUT2D eigenvalue weighted by Crippen LogP contribution is -2.11. The number of hydrogen-bond acceptors (Lipinski definition) is 3. The summed E-state index contributed by atoms with van der Waals surface area (Å²) in [7, 11) is 0. The molecule has 0 aliphatic heterocycles. The van der Waals surface area contributed by atoms with Gasteiger partial charge in [0.25, 0.3) is 12.3 Å². The fourth-order valence-electron chi connectivity index (χ4n) is 1.92. The number of anilines is 1. The van der Waals surface area contributed by atoms with Gasteiger partial charge in [-0.05, 0) is 25.0 Å². The molecule has 1 aliphatic rings. The third-order valence-electron chi connectivity index (χ3n) is 3.54. The highest BCUT2D eigenvalue weighted by atomic mass is 19.3. The van der Waals surface area contributed by atoms with Gasteiger partial charge in [-0.1, -0.05) is 6.92 Å². The van der Waals surface area contributed by atoms with Crippen molar-refractivity contribution in [3.63, 3.8) is 0 Å². The molecule has 0 saturated heterocycles. The zero-order chi connectivity index (χ0) is 14.3. The van der Waals surface area contributed by atoms with Crippen molar-refractivity contribution < 1.29 is 18.0 Å². The topological polar surface area (TPSA) is 70.9 Å². The number of amides is 1. The molecular weight excluding hydrogens is 268 g/mol. The van der Waals surface area contributed by atoms with Crippen LogP contribution in [0.1, 0.15) is 48.2 Å². The minimum atomic E-state index is -2.73. The standard InChI is InChI=1S/C13H13F2N3O2/c1-13(4-5-13)9-6-10(18-17-9)16-12(19)8-3-2-7(20-8)11(14)15/h2-3,6,11H,4-5H2,1H3,(H2,16,17,18,19). The van der Waals surface area contributed by atoms with Crippen LogP contribution in [0.15, 0.2) is 22.6 Å². The van der Waals surface area contributed by atoms with Crippen LogP contribution in [0.5, 0.6) is 0 Å². The van der Waals surface area contributed by atoms with E-state index in [1.165, 1.54) is 6.07 Å². The summed E-state index contributed by atoms with van der Waals surface area (Å²) < 4.78 is 29.5. The first kappa shape index (κ1) is 12.8. The van der Waals surface area contributed by atoms with E-state index in [1.54, 1.807) is 6.07 Å². The maximum absolute atomic E-state index is 12.4. The van der Waals surface area contributed by atoms with Crippen molar-refractivity contribution in [2.24, 2.45) is 0 Å². The highest BCUT2D eigenvalue weighted by Crippen LogP contribution is 2.47. The number of H-pyrrole nitrogens is 1. The molecule has 1 aliphatic carbocycles. The maximum atomic E-state index is 12.4. The Labute approximate surface area is 113 Å². The molecule has 5 nitrogen and oxygen atoms in total. The number of furan rings is 1. The largest absolute Gasteiger partial charge is 0.450 e. The van der Waals surface area contributed by atoms with Crippen molar-refractivity contribution in [3.8, 4) is 0 Å². The quantitative estimate of drug-likeness (QED) is 0.903. The number of rotatable bonds is 4. The van der Waals surface area contributed by atoms with Gasteiger partial charge < -0.3 is 9.73 Å². The molecule has 0 unspecified atom stereocenters. The third-order valence-corrected chi connectivity index (χ3v) is 3.54. The van der Waals surface area contributed by atoms with Crippen LogP contribution in [0.3, 0.4) is 0 Å². The molecule has 7 heteroatoms. The zero-order valence-corrected chi connectivity index (χ0v) is 10.7. The second-order valence-electron chi connectivity index (χ2n) is 5.18. The van der Waals surface area contributed by atoms with Crippen molar-refractivity contribution in [3.05, 3.63) is 35.4 Å². The first-order valence-corrected chi connectivity index (χ1v) is 6.23. The molecular formula is C13H13F2N3O2. The molecule has 0 atom stereocenters. The second kappa shape index (κ2) is 4.43. The molecule has 2 N–H and O–H groups in total. The van der Waals surface area contributed by atoms with Gasteiger partial charge in [0.05, 0.1) is 0 Å². The first-order valence-electron chi connectivity index (χ1n) is 6.23. The number of nitrogens with zero attached hydrogens (tertiary/aromatic N) is 1. The van der Waals surface area contributed by atoms with Gasteiger partial charge in [0, 0.05) is 17.2 Å². The van der Waals surface area contributed by atoms with Crippen LogP contribution in [0.2, 0.25) is 0 Å². The van der Waals surface area contributed by atoms with E-state index in [0.717, 1.165) is 24.6 Å². The van der Waals surface area contributed by atoms with E-state index in [1.807, 2.05) is 0 Å². The lowest BCUT2D eigenvalue weighted by atomic mass is 10.1. The van der Waals surface area contributed by atoms with Crippen molar-refractivity contribution in [1.29, 1.82) is 0 Å². The number of aromatic amines is 1. The van der Waals surface area contributed by atoms with E-state index >= 15 is 0 Å². The molecule has 0 spiro atoms. The molecule has 1 amide bonds. The van der Waals surface area contributed by atoms with Gasteiger partial charge in [-0.15, -0.1) is 0 Å². The van der Waals surface area contributed by atoms with Crippen molar-refractivity contribution in [2.75, 3.05) is 5.32 Å². The number of aromatic nitrogens is 2. The number of hydrogen-bond donors (Lipinski definition) is 2. The van der Waals surface area contributed by atoms with E-state index in [4.69, 9.17) is 4.42 Å². The Hall–Kier alpha value is -2.18. The average molecular weight is 281 g/mol. The summed E-state index contributed by atoms with van der Waals surface area (Å²) in [5, 5.41) is 9.37. The lowest BCUT2D eigenvalue weighted by Gasteiger charge is -2.01. The normalized spacial score (nSPS) is 16.4. The van der Waals surface area contributed by atoms with Crippen LogP contribution < -0.4 is 5.32 Å². The number of alkyl halides is 2. The number of nitrogens with one attached hydrogen (secondary N) is 2. The molecule has 0 aromatic carbocycles. The van der Waals surface area contributed by atoms with Gasteiger partial charge in [0.2, 0.25) is 0 Å². The smallest absolute Gasteiger partial charge is 0.295 e. The van der Waals surface area contributed by atoms with E-state index in [-0.39, 0.29) is 11.2 Å². The van der Waals surface area contributed by atoms with Crippen molar-refractivity contribution >= 4 is 11.7 Å². The third kappa shape index (κ3) is 2.31. The number of carbonyl (C=O) groups excluding carboxylic acids is 1. The van der Waals surface area contributed by atoms with Gasteiger partial charge in [0.1, 0.15) is 0 Å². The van der Waals surface area contributed by atoms with Crippen molar-refractivity contribution in [1.82, 2.24) is 10.2 Å². The van der Waals surface area contributed by atoms with Gasteiger partial charge >= 0.3 is 0 Å². The van der Waals surface area contributed by atoms with Gasteiger partial charge in [0.15, 0.2) is 17.3 Å². The molecule has 2 aromatic heterocycles. The van der Waals surface area contributed by atoms with E-state index in [2.05, 4.69) is 22.4 Å². The van der Waals surface area contributed by atoms with E-state index < -0.39 is 18.1 Å². The monoisotopic (exact) mass is 281 g/mol. The van der Waals surface area contributed by atoms with Crippen LogP contribution >= 0.6 is 0 Å². The summed E-state index contributed by atoms with van der Waals surface area (Å²) in [5.41, 5.74) is 1.07. The van der Waals surface area contributed by atoms with Gasteiger partial charge in [-0.25, -0.2) is 8.78 Å². The Kier molecular flexibility index (Phi) is 2.84. The fraction of sp³-hybridized carbons (Fsp3) is 0.385. The molecule has 0 bridgehead atoms. The summed E-state index contributed by atoms with van der Waals surface area (Å²) in [4.78, 5) is 11.8. The Bertz CT molecular complexity index is 644. The predicted octanol–water partition coefficient (Wildman–Crippen LogP) is 3.24. The number of carbonyl (C=O) groups is 1. The van der Waals surface area contributed by atoms with Crippen LogP contribution in [0.4, 0.5) is 14.6 Å². The molecule has 1 saturated carbocycles. The van der Waals surface area contributed by atoms with Crippen LogP contribution in [-0.4, -0.2) is 16.1 Å². The second-order valence-corrected chi connectivity index (χ2v) is 5.18. The van der Waals surface area contributed by atoms with Crippen molar-refractivity contribution in [2.45, 2.75) is 31.6 Å². The average Bonchev–Trinajstić information content (AvgIpc) is 2.88. The Morgan fingerprint density at radius 3 is 2.85 bits per heavy atom. The Balaban J connectivity index is 1.70. The molecule has 106 valence electrons. The molecule has 1 fully saturated rings. The molecule has 20 heavy (non-hydrogen) atoms. The number of halogens is 2. The van der Waals surface area contributed by atoms with E-state index in [9.17, 15) is 13.6 Å². The summed E-state index contributed by atoms with van der Waals surface area (Å²) >= 11 is 0. The van der Waals surface area contributed by atoms with Crippen LogP contribution in [-0.2, 0) is 5.41 Å².